The molecule has 2 N–H and O–H groups in total. The highest BCUT2D eigenvalue weighted by Crippen LogP contribution is 2.24. The van der Waals surface area contributed by atoms with Crippen molar-refractivity contribution in [3.63, 3.8) is 0 Å². The summed E-state index contributed by atoms with van der Waals surface area (Å²) in [5.41, 5.74) is 3.59. The van der Waals surface area contributed by atoms with Crippen molar-refractivity contribution >= 4 is 12.0 Å². The molecule has 2 heterocycles. The average Bonchev–Trinajstić information content (AvgIpc) is 2.52. The van der Waals surface area contributed by atoms with Crippen molar-refractivity contribution in [1.29, 1.82) is 0 Å². The fourth-order valence-electron chi connectivity index (χ4n) is 2.58. The van der Waals surface area contributed by atoms with Crippen molar-refractivity contribution in [3.05, 3.63) is 71.7 Å². The minimum atomic E-state index is 0.195. The quantitative estimate of drug-likeness (QED) is 0.907. The summed E-state index contributed by atoms with van der Waals surface area (Å²) in [6.07, 6.45) is 8.25. The molecule has 0 saturated carbocycles. The standard InChI is InChI=1S/C17H18N4/c1-18-17-13(6-4-8-21-17)11-16-15-7-3-2-5-14(15)12-19-9-10-20-16/h2-10,12,16,20H,11H2,1H3,(H,18,21)/b10-9-,19-12?. The molecule has 0 spiro atoms. The van der Waals surface area contributed by atoms with Gasteiger partial charge in [-0.3, -0.25) is 4.99 Å². The Balaban J connectivity index is 1.96. The fourth-order valence-corrected chi connectivity index (χ4v) is 2.58. The predicted molar refractivity (Wildman–Crippen MR) is 86.5 cm³/mol. The smallest absolute Gasteiger partial charge is 0.128 e. The highest BCUT2D eigenvalue weighted by molar-refractivity contribution is 5.82. The van der Waals surface area contributed by atoms with Gasteiger partial charge in [-0.15, -0.1) is 0 Å². The maximum absolute atomic E-state index is 4.38. The van der Waals surface area contributed by atoms with E-state index >= 15 is 0 Å². The van der Waals surface area contributed by atoms with Crippen molar-refractivity contribution in [1.82, 2.24) is 10.3 Å². The lowest BCUT2D eigenvalue weighted by Gasteiger charge is -2.22. The molecule has 1 aromatic heterocycles. The molecule has 0 bridgehead atoms. The maximum atomic E-state index is 4.38. The lowest BCUT2D eigenvalue weighted by molar-refractivity contribution is 0.616. The highest BCUT2D eigenvalue weighted by atomic mass is 15.0. The Kier molecular flexibility index (Phi) is 3.96. The molecule has 1 aliphatic heterocycles. The fraction of sp³-hybridized carbons (Fsp3) is 0.176. The topological polar surface area (TPSA) is 49.3 Å². The lowest BCUT2D eigenvalue weighted by atomic mass is 9.95. The van der Waals surface area contributed by atoms with Gasteiger partial charge >= 0.3 is 0 Å². The summed E-state index contributed by atoms with van der Waals surface area (Å²) >= 11 is 0. The van der Waals surface area contributed by atoms with Crippen LogP contribution in [0.2, 0.25) is 0 Å². The van der Waals surface area contributed by atoms with Crippen LogP contribution in [0.5, 0.6) is 0 Å². The number of aliphatic imine (C=N–C) groups is 1. The Morgan fingerprint density at radius 1 is 1.19 bits per heavy atom. The van der Waals surface area contributed by atoms with E-state index in [2.05, 4.69) is 44.9 Å². The van der Waals surface area contributed by atoms with E-state index in [-0.39, 0.29) is 6.04 Å². The van der Waals surface area contributed by atoms with E-state index in [4.69, 9.17) is 0 Å². The Hall–Kier alpha value is -2.62. The largest absolute Gasteiger partial charge is 0.382 e. The monoisotopic (exact) mass is 278 g/mol. The van der Waals surface area contributed by atoms with Crippen LogP contribution in [0.4, 0.5) is 5.82 Å². The first-order chi connectivity index (χ1) is 10.4. The van der Waals surface area contributed by atoms with E-state index in [0.29, 0.717) is 0 Å². The molecule has 1 atom stereocenters. The molecular formula is C17H18N4. The number of pyridine rings is 1. The number of rotatable bonds is 3. The second-order valence-electron chi connectivity index (χ2n) is 4.91. The van der Waals surface area contributed by atoms with Gasteiger partial charge in [0.2, 0.25) is 0 Å². The van der Waals surface area contributed by atoms with Gasteiger partial charge in [0.05, 0.1) is 6.04 Å². The van der Waals surface area contributed by atoms with Crippen LogP contribution in [0, 0.1) is 0 Å². The molecule has 3 rings (SSSR count). The molecule has 0 saturated heterocycles. The third kappa shape index (κ3) is 2.94. The molecule has 4 nitrogen and oxygen atoms in total. The van der Waals surface area contributed by atoms with E-state index in [1.807, 2.05) is 31.6 Å². The first-order valence-electron chi connectivity index (χ1n) is 7.03. The van der Waals surface area contributed by atoms with Crippen molar-refractivity contribution in [2.45, 2.75) is 12.5 Å². The minimum absolute atomic E-state index is 0.195. The molecule has 0 radical (unpaired) electrons. The molecule has 0 amide bonds. The molecule has 1 unspecified atom stereocenters. The number of fused-ring (bicyclic) bond motifs is 1. The number of hydrogen-bond acceptors (Lipinski definition) is 4. The van der Waals surface area contributed by atoms with Crippen LogP contribution in [0.3, 0.4) is 0 Å². The molecule has 2 aromatic rings. The molecule has 0 fully saturated rings. The van der Waals surface area contributed by atoms with Crippen LogP contribution in [0.25, 0.3) is 0 Å². The Bertz CT molecular complexity index is 676. The Labute approximate surface area is 124 Å². The van der Waals surface area contributed by atoms with Gasteiger partial charge in [-0.05, 0) is 22.8 Å². The predicted octanol–water partition coefficient (Wildman–Crippen LogP) is 2.90. The van der Waals surface area contributed by atoms with Crippen LogP contribution < -0.4 is 10.6 Å². The molecule has 1 aromatic carbocycles. The van der Waals surface area contributed by atoms with E-state index in [0.717, 1.165) is 17.8 Å². The second-order valence-corrected chi connectivity index (χ2v) is 4.91. The summed E-state index contributed by atoms with van der Waals surface area (Å²) in [6, 6.07) is 12.6. The zero-order valence-corrected chi connectivity index (χ0v) is 12.0. The third-order valence-electron chi connectivity index (χ3n) is 3.60. The number of aromatic nitrogens is 1. The van der Waals surface area contributed by atoms with Crippen molar-refractivity contribution < 1.29 is 0 Å². The van der Waals surface area contributed by atoms with Gasteiger partial charge in [-0.2, -0.15) is 0 Å². The van der Waals surface area contributed by atoms with Gasteiger partial charge in [0.1, 0.15) is 5.82 Å². The first-order valence-corrected chi connectivity index (χ1v) is 7.03. The zero-order chi connectivity index (χ0) is 14.5. The van der Waals surface area contributed by atoms with Crippen molar-refractivity contribution in [2.24, 2.45) is 4.99 Å². The van der Waals surface area contributed by atoms with E-state index in [1.165, 1.54) is 11.1 Å². The molecule has 106 valence electrons. The van der Waals surface area contributed by atoms with Gasteiger partial charge in [-0.25, -0.2) is 4.98 Å². The van der Waals surface area contributed by atoms with Crippen LogP contribution in [-0.4, -0.2) is 18.2 Å². The summed E-state index contributed by atoms with van der Waals surface area (Å²) in [7, 11) is 1.90. The summed E-state index contributed by atoms with van der Waals surface area (Å²) < 4.78 is 0. The number of nitrogens with one attached hydrogen (secondary N) is 2. The van der Waals surface area contributed by atoms with Gasteiger partial charge in [0, 0.05) is 38.3 Å². The Morgan fingerprint density at radius 2 is 2.10 bits per heavy atom. The molecule has 21 heavy (non-hydrogen) atoms. The van der Waals surface area contributed by atoms with Crippen molar-refractivity contribution in [2.75, 3.05) is 12.4 Å². The molecule has 1 aliphatic rings. The maximum Gasteiger partial charge on any atom is 0.128 e. The summed E-state index contributed by atoms with van der Waals surface area (Å²) in [4.78, 5) is 8.63. The highest BCUT2D eigenvalue weighted by Gasteiger charge is 2.16. The van der Waals surface area contributed by atoms with Crippen molar-refractivity contribution in [3.8, 4) is 0 Å². The van der Waals surface area contributed by atoms with Crippen LogP contribution in [-0.2, 0) is 6.42 Å². The van der Waals surface area contributed by atoms with Gasteiger partial charge in [-0.1, -0.05) is 30.3 Å². The number of nitrogens with zero attached hydrogens (tertiary/aromatic N) is 2. The van der Waals surface area contributed by atoms with Gasteiger partial charge in [0.25, 0.3) is 0 Å². The normalized spacial score (nSPS) is 18.0. The zero-order valence-electron chi connectivity index (χ0n) is 12.0. The Morgan fingerprint density at radius 3 is 3.00 bits per heavy atom. The van der Waals surface area contributed by atoms with Gasteiger partial charge < -0.3 is 10.6 Å². The average molecular weight is 278 g/mol. The van der Waals surface area contributed by atoms with Crippen LogP contribution >= 0.6 is 0 Å². The van der Waals surface area contributed by atoms with E-state index in [9.17, 15) is 0 Å². The van der Waals surface area contributed by atoms with Crippen LogP contribution in [0.1, 0.15) is 22.7 Å². The molecule has 4 heteroatoms. The third-order valence-corrected chi connectivity index (χ3v) is 3.60. The number of hydrogen-bond donors (Lipinski definition) is 2. The lowest BCUT2D eigenvalue weighted by Crippen LogP contribution is -2.21. The first kappa shape index (κ1) is 13.4. The molecular weight excluding hydrogens is 260 g/mol. The second kappa shape index (κ2) is 6.22. The molecule has 0 aliphatic carbocycles. The van der Waals surface area contributed by atoms with E-state index < -0.39 is 0 Å². The van der Waals surface area contributed by atoms with Gasteiger partial charge in [0.15, 0.2) is 0 Å². The van der Waals surface area contributed by atoms with E-state index in [1.54, 1.807) is 12.4 Å². The SMILES string of the molecule is CNc1ncccc1CC1N/C=C\N=Cc2ccccc21. The number of anilines is 1. The minimum Gasteiger partial charge on any atom is -0.382 e. The summed E-state index contributed by atoms with van der Waals surface area (Å²) in [6.45, 7) is 0. The number of benzene rings is 1. The summed E-state index contributed by atoms with van der Waals surface area (Å²) in [5, 5.41) is 6.58. The van der Waals surface area contributed by atoms with Crippen LogP contribution in [0.15, 0.2) is 60.0 Å². The summed E-state index contributed by atoms with van der Waals surface area (Å²) in [5.74, 6) is 0.927.